The Morgan fingerprint density at radius 1 is 1.53 bits per heavy atom. The van der Waals surface area contributed by atoms with Crippen LogP contribution in [-0.2, 0) is 0 Å². The summed E-state index contributed by atoms with van der Waals surface area (Å²) in [6.07, 6.45) is 8.24. The van der Waals surface area contributed by atoms with Gasteiger partial charge in [-0.3, -0.25) is 9.78 Å². The van der Waals surface area contributed by atoms with Gasteiger partial charge in [-0.25, -0.2) is 0 Å². The molecule has 19 heavy (non-hydrogen) atoms. The maximum Gasteiger partial charge on any atom is 0.257 e. The first-order valence-electron chi connectivity index (χ1n) is 7.15. The van der Waals surface area contributed by atoms with E-state index >= 15 is 0 Å². The summed E-state index contributed by atoms with van der Waals surface area (Å²) < 4.78 is 0. The summed E-state index contributed by atoms with van der Waals surface area (Å²) in [4.78, 5) is 18.4. The van der Waals surface area contributed by atoms with Gasteiger partial charge in [0.25, 0.3) is 5.91 Å². The Hall–Kier alpha value is -1.58. The molecule has 1 N–H and O–H groups in total. The zero-order valence-corrected chi connectivity index (χ0v) is 11.9. The number of pyridine rings is 1. The summed E-state index contributed by atoms with van der Waals surface area (Å²) in [7, 11) is 1.89. The Labute approximate surface area is 115 Å². The normalized spacial score (nSPS) is 14.8. The first-order valence-corrected chi connectivity index (χ1v) is 7.15. The van der Waals surface area contributed by atoms with Crippen molar-refractivity contribution in [3.8, 4) is 0 Å². The maximum absolute atomic E-state index is 12.5. The predicted molar refractivity (Wildman–Crippen MR) is 77.3 cm³/mol. The van der Waals surface area contributed by atoms with E-state index in [9.17, 15) is 4.79 Å². The molecule has 1 fully saturated rings. The summed E-state index contributed by atoms with van der Waals surface area (Å²) in [6, 6.07) is 1.88. The fraction of sp³-hybridized carbons (Fsp3) is 0.600. The number of nitrogens with zero attached hydrogens (tertiary/aromatic N) is 2. The van der Waals surface area contributed by atoms with E-state index in [-0.39, 0.29) is 5.91 Å². The Kier molecular flexibility index (Phi) is 4.77. The largest absolute Gasteiger partial charge is 0.384 e. The smallest absolute Gasteiger partial charge is 0.257 e. The minimum atomic E-state index is 0.0682. The third-order valence-electron chi connectivity index (χ3n) is 3.72. The number of rotatable bonds is 6. The minimum absolute atomic E-state index is 0.0682. The van der Waals surface area contributed by atoms with Gasteiger partial charge in [-0.2, -0.15) is 0 Å². The molecule has 1 amide bonds. The van der Waals surface area contributed by atoms with E-state index in [1.807, 2.05) is 18.0 Å². The molecule has 1 aliphatic rings. The zero-order chi connectivity index (χ0) is 13.7. The second-order valence-electron chi connectivity index (χ2n) is 5.33. The molecule has 0 bridgehead atoms. The number of carbonyl (C=O) groups is 1. The fourth-order valence-corrected chi connectivity index (χ4v) is 2.33. The van der Waals surface area contributed by atoms with Crippen LogP contribution in [0.2, 0.25) is 0 Å². The lowest BCUT2D eigenvalue weighted by Crippen LogP contribution is -2.34. The summed E-state index contributed by atoms with van der Waals surface area (Å²) in [5.74, 6) is 0.760. The molecular weight excluding hydrogens is 238 g/mol. The highest BCUT2D eigenvalue weighted by Crippen LogP contribution is 2.27. The standard InChI is InChI=1S/C15H23N3O/c1-3-8-17-14-7-9-16-10-13(14)15(19)18(2)11-12-5-4-6-12/h7,9-10,12H,3-6,8,11H2,1-2H3,(H,16,17). The van der Waals surface area contributed by atoms with E-state index in [1.54, 1.807) is 12.4 Å². The molecule has 2 rings (SSSR count). The Morgan fingerprint density at radius 3 is 2.95 bits per heavy atom. The number of nitrogens with one attached hydrogen (secondary N) is 1. The van der Waals surface area contributed by atoms with Gasteiger partial charge in [0, 0.05) is 32.5 Å². The van der Waals surface area contributed by atoms with E-state index in [0.29, 0.717) is 11.5 Å². The van der Waals surface area contributed by atoms with E-state index in [0.717, 1.165) is 25.2 Å². The third kappa shape index (κ3) is 3.46. The van der Waals surface area contributed by atoms with Crippen molar-refractivity contribution < 1.29 is 4.79 Å². The van der Waals surface area contributed by atoms with Gasteiger partial charge in [0.15, 0.2) is 0 Å². The molecular formula is C15H23N3O. The van der Waals surface area contributed by atoms with Gasteiger partial charge in [0.1, 0.15) is 0 Å². The highest BCUT2D eigenvalue weighted by molar-refractivity contribution is 5.99. The van der Waals surface area contributed by atoms with E-state index < -0.39 is 0 Å². The first-order chi connectivity index (χ1) is 9.22. The average Bonchev–Trinajstić information content (AvgIpc) is 2.39. The van der Waals surface area contributed by atoms with Crippen LogP contribution >= 0.6 is 0 Å². The second kappa shape index (κ2) is 6.55. The Bertz CT molecular complexity index is 429. The molecule has 0 aliphatic heterocycles. The van der Waals surface area contributed by atoms with E-state index in [4.69, 9.17) is 0 Å². The Morgan fingerprint density at radius 2 is 2.32 bits per heavy atom. The van der Waals surface area contributed by atoms with Crippen LogP contribution in [-0.4, -0.2) is 35.9 Å². The van der Waals surface area contributed by atoms with Crippen LogP contribution in [0, 0.1) is 5.92 Å². The van der Waals surface area contributed by atoms with Crippen molar-refractivity contribution in [1.29, 1.82) is 0 Å². The van der Waals surface area contributed by atoms with Crippen LogP contribution in [0.4, 0.5) is 5.69 Å². The summed E-state index contributed by atoms with van der Waals surface area (Å²) >= 11 is 0. The molecule has 0 unspecified atom stereocenters. The molecule has 1 aliphatic carbocycles. The van der Waals surface area contributed by atoms with Gasteiger partial charge < -0.3 is 10.2 Å². The van der Waals surface area contributed by atoms with Gasteiger partial charge in [-0.05, 0) is 31.2 Å². The van der Waals surface area contributed by atoms with Gasteiger partial charge in [0.05, 0.1) is 11.3 Å². The van der Waals surface area contributed by atoms with Crippen molar-refractivity contribution in [2.75, 3.05) is 25.5 Å². The van der Waals surface area contributed by atoms with Crippen molar-refractivity contribution in [3.05, 3.63) is 24.0 Å². The van der Waals surface area contributed by atoms with Crippen molar-refractivity contribution in [2.24, 2.45) is 5.92 Å². The lowest BCUT2D eigenvalue weighted by molar-refractivity contribution is 0.0745. The second-order valence-corrected chi connectivity index (χ2v) is 5.33. The van der Waals surface area contributed by atoms with Gasteiger partial charge in [0.2, 0.25) is 0 Å². The van der Waals surface area contributed by atoms with Crippen LogP contribution in [0.5, 0.6) is 0 Å². The highest BCUT2D eigenvalue weighted by atomic mass is 16.2. The van der Waals surface area contributed by atoms with Crippen LogP contribution in [0.25, 0.3) is 0 Å². The SMILES string of the molecule is CCCNc1ccncc1C(=O)N(C)CC1CCC1. The molecule has 0 atom stereocenters. The topological polar surface area (TPSA) is 45.2 Å². The molecule has 0 aromatic carbocycles. The number of hydrogen-bond acceptors (Lipinski definition) is 3. The molecule has 4 nitrogen and oxygen atoms in total. The monoisotopic (exact) mass is 261 g/mol. The summed E-state index contributed by atoms with van der Waals surface area (Å²) in [5.41, 5.74) is 1.57. The minimum Gasteiger partial charge on any atom is -0.384 e. The average molecular weight is 261 g/mol. The molecule has 1 aromatic heterocycles. The number of carbonyl (C=O) groups excluding carboxylic acids is 1. The number of anilines is 1. The zero-order valence-electron chi connectivity index (χ0n) is 11.9. The molecule has 0 saturated heterocycles. The number of amides is 1. The Balaban J connectivity index is 2.04. The van der Waals surface area contributed by atoms with Gasteiger partial charge in [-0.1, -0.05) is 13.3 Å². The molecule has 1 aromatic rings. The van der Waals surface area contributed by atoms with E-state index in [2.05, 4.69) is 17.2 Å². The van der Waals surface area contributed by atoms with Crippen LogP contribution in [0.15, 0.2) is 18.5 Å². The molecule has 4 heteroatoms. The van der Waals surface area contributed by atoms with Crippen LogP contribution in [0.1, 0.15) is 43.0 Å². The van der Waals surface area contributed by atoms with Crippen molar-refractivity contribution in [1.82, 2.24) is 9.88 Å². The van der Waals surface area contributed by atoms with Gasteiger partial charge >= 0.3 is 0 Å². The molecule has 0 radical (unpaired) electrons. The quantitative estimate of drug-likeness (QED) is 0.856. The summed E-state index contributed by atoms with van der Waals surface area (Å²) in [5, 5.41) is 3.29. The third-order valence-corrected chi connectivity index (χ3v) is 3.72. The fourth-order valence-electron chi connectivity index (χ4n) is 2.33. The predicted octanol–water partition coefficient (Wildman–Crippen LogP) is 2.78. The lowest BCUT2D eigenvalue weighted by atomic mass is 9.85. The maximum atomic E-state index is 12.5. The number of hydrogen-bond donors (Lipinski definition) is 1. The molecule has 1 saturated carbocycles. The highest BCUT2D eigenvalue weighted by Gasteiger charge is 2.23. The first kappa shape index (κ1) is 13.8. The van der Waals surface area contributed by atoms with Gasteiger partial charge in [-0.15, -0.1) is 0 Å². The molecule has 0 spiro atoms. The van der Waals surface area contributed by atoms with Crippen molar-refractivity contribution >= 4 is 11.6 Å². The van der Waals surface area contributed by atoms with E-state index in [1.165, 1.54) is 19.3 Å². The van der Waals surface area contributed by atoms with Crippen LogP contribution < -0.4 is 5.32 Å². The van der Waals surface area contributed by atoms with Crippen molar-refractivity contribution in [3.63, 3.8) is 0 Å². The van der Waals surface area contributed by atoms with Crippen LogP contribution in [0.3, 0.4) is 0 Å². The molecule has 1 heterocycles. The van der Waals surface area contributed by atoms with Crippen molar-refractivity contribution in [2.45, 2.75) is 32.6 Å². The summed E-state index contributed by atoms with van der Waals surface area (Å²) in [6.45, 7) is 3.84. The number of aromatic nitrogens is 1. The lowest BCUT2D eigenvalue weighted by Gasteiger charge is -2.30. The molecule has 104 valence electrons.